The first-order valence-corrected chi connectivity index (χ1v) is 7.51. The maximum absolute atomic E-state index is 11.9. The molecule has 0 unspecified atom stereocenters. The van der Waals surface area contributed by atoms with E-state index in [-0.39, 0.29) is 0 Å². The van der Waals surface area contributed by atoms with Gasteiger partial charge in [0.05, 0.1) is 6.04 Å². The van der Waals surface area contributed by atoms with E-state index in [4.69, 9.17) is 5.53 Å². The lowest BCUT2D eigenvalue weighted by Crippen LogP contribution is -2.18. The second kappa shape index (κ2) is 5.67. The molecule has 20 heavy (non-hydrogen) atoms. The van der Waals surface area contributed by atoms with Gasteiger partial charge in [0.2, 0.25) is 0 Å². The fourth-order valence-corrected chi connectivity index (χ4v) is 3.51. The molecule has 0 aliphatic heterocycles. The van der Waals surface area contributed by atoms with E-state index in [1.165, 1.54) is 25.0 Å². The van der Waals surface area contributed by atoms with Gasteiger partial charge in [0.1, 0.15) is 5.69 Å². The van der Waals surface area contributed by atoms with E-state index >= 15 is 0 Å². The van der Waals surface area contributed by atoms with Gasteiger partial charge in [-0.25, -0.2) is 0 Å². The van der Waals surface area contributed by atoms with Crippen molar-refractivity contribution in [3.8, 4) is 0 Å². The Labute approximate surface area is 117 Å². The maximum Gasteiger partial charge on any atom is 0.269 e. The Hall–Kier alpha value is -1.81. The molecule has 0 bridgehead atoms. The van der Waals surface area contributed by atoms with Crippen LogP contribution in [0, 0.1) is 0 Å². The van der Waals surface area contributed by atoms with Gasteiger partial charge in [-0.1, -0.05) is 19.3 Å². The number of hydrogen-bond acceptors (Lipinski definition) is 2. The molecule has 3 rings (SSSR count). The smallest absolute Gasteiger partial charge is 0.269 e. The minimum absolute atomic E-state index is 0.392. The number of aromatic nitrogens is 2. The highest BCUT2D eigenvalue weighted by Gasteiger charge is 2.28. The molecule has 6 heteroatoms. The highest BCUT2D eigenvalue weighted by molar-refractivity contribution is 5.94. The molecule has 1 saturated carbocycles. The molecule has 0 radical (unpaired) electrons. The van der Waals surface area contributed by atoms with Crippen molar-refractivity contribution in [3.05, 3.63) is 27.4 Å². The Bertz CT molecular complexity index is 564. The second-order valence-electron chi connectivity index (χ2n) is 5.71. The lowest BCUT2D eigenvalue weighted by Gasteiger charge is -2.25. The fraction of sp³-hybridized carbons (Fsp3) is 0.714. The van der Waals surface area contributed by atoms with E-state index in [1.54, 1.807) is 0 Å². The Morgan fingerprint density at radius 3 is 2.70 bits per heavy atom. The van der Waals surface area contributed by atoms with Crippen LogP contribution in [0.4, 0.5) is 0 Å². The van der Waals surface area contributed by atoms with Crippen molar-refractivity contribution in [2.24, 2.45) is 5.11 Å². The average molecular weight is 273 g/mol. The van der Waals surface area contributed by atoms with Crippen molar-refractivity contribution < 1.29 is 4.79 Å². The van der Waals surface area contributed by atoms with E-state index in [2.05, 4.69) is 19.8 Å². The monoisotopic (exact) mass is 273 g/mol. The Morgan fingerprint density at radius 1 is 1.20 bits per heavy atom. The Balaban J connectivity index is 2.01. The van der Waals surface area contributed by atoms with Crippen molar-refractivity contribution in [2.75, 3.05) is 0 Å². The van der Waals surface area contributed by atoms with Gasteiger partial charge in [0, 0.05) is 16.2 Å². The van der Waals surface area contributed by atoms with Gasteiger partial charge in [-0.05, 0) is 49.2 Å². The predicted molar refractivity (Wildman–Crippen MR) is 74.5 cm³/mol. The van der Waals surface area contributed by atoms with Crippen LogP contribution >= 0.6 is 0 Å². The minimum atomic E-state index is -0.528. The SMILES string of the molecule is [N-]=[N+]=NC(=O)c1nn(C2CCCCC2)c2c1CCCC2. The van der Waals surface area contributed by atoms with Gasteiger partial charge in [-0.15, -0.1) is 0 Å². The number of nitrogens with zero attached hydrogens (tertiary/aromatic N) is 5. The average Bonchev–Trinajstić information content (AvgIpc) is 2.88. The van der Waals surface area contributed by atoms with Crippen LogP contribution in [0.2, 0.25) is 0 Å². The van der Waals surface area contributed by atoms with Crippen LogP contribution in [-0.4, -0.2) is 15.7 Å². The lowest BCUT2D eigenvalue weighted by atomic mass is 9.92. The number of carbonyl (C=O) groups is 1. The molecule has 0 atom stereocenters. The molecule has 1 amide bonds. The lowest BCUT2D eigenvalue weighted by molar-refractivity contribution is 0.0993. The Morgan fingerprint density at radius 2 is 1.95 bits per heavy atom. The largest absolute Gasteiger partial charge is 0.285 e. The van der Waals surface area contributed by atoms with Crippen LogP contribution in [0.5, 0.6) is 0 Å². The van der Waals surface area contributed by atoms with Crippen molar-refractivity contribution >= 4 is 5.91 Å². The van der Waals surface area contributed by atoms with Crippen LogP contribution in [0.3, 0.4) is 0 Å². The van der Waals surface area contributed by atoms with Gasteiger partial charge >= 0.3 is 0 Å². The van der Waals surface area contributed by atoms with Crippen LogP contribution in [0.25, 0.3) is 10.4 Å². The highest BCUT2D eigenvalue weighted by atomic mass is 16.2. The molecule has 1 aromatic heterocycles. The third kappa shape index (κ3) is 2.31. The zero-order valence-electron chi connectivity index (χ0n) is 11.6. The Kier molecular flexibility index (Phi) is 3.74. The zero-order chi connectivity index (χ0) is 13.9. The second-order valence-corrected chi connectivity index (χ2v) is 5.71. The van der Waals surface area contributed by atoms with Gasteiger partial charge in [0.25, 0.3) is 5.91 Å². The maximum atomic E-state index is 11.9. The molecular weight excluding hydrogens is 254 g/mol. The first-order chi connectivity index (χ1) is 9.81. The summed E-state index contributed by atoms with van der Waals surface area (Å²) in [6, 6.07) is 0.420. The summed E-state index contributed by atoms with van der Waals surface area (Å²) in [5.41, 5.74) is 11.1. The quantitative estimate of drug-likeness (QED) is 0.467. The number of rotatable bonds is 2. The topological polar surface area (TPSA) is 83.7 Å². The zero-order valence-corrected chi connectivity index (χ0v) is 11.6. The number of carbonyl (C=O) groups excluding carboxylic acids is 1. The van der Waals surface area contributed by atoms with E-state index in [0.717, 1.165) is 44.1 Å². The summed E-state index contributed by atoms with van der Waals surface area (Å²) in [6.07, 6.45) is 10.2. The summed E-state index contributed by atoms with van der Waals surface area (Å²) in [4.78, 5) is 14.5. The normalized spacial score (nSPS) is 19.2. The fourth-order valence-electron chi connectivity index (χ4n) is 3.51. The highest BCUT2D eigenvalue weighted by Crippen LogP contribution is 2.33. The molecule has 0 aromatic carbocycles. The number of hydrogen-bond donors (Lipinski definition) is 0. The molecule has 2 aliphatic carbocycles. The molecule has 0 saturated heterocycles. The van der Waals surface area contributed by atoms with Gasteiger partial charge in [0.15, 0.2) is 0 Å². The van der Waals surface area contributed by atoms with Crippen LogP contribution in [0.1, 0.15) is 72.7 Å². The van der Waals surface area contributed by atoms with Crippen LogP contribution in [-0.2, 0) is 12.8 Å². The van der Waals surface area contributed by atoms with Crippen LogP contribution in [0.15, 0.2) is 5.11 Å². The number of azide groups is 1. The summed E-state index contributed by atoms with van der Waals surface area (Å²) >= 11 is 0. The molecule has 0 spiro atoms. The van der Waals surface area contributed by atoms with E-state index < -0.39 is 5.91 Å². The number of fused-ring (bicyclic) bond motifs is 1. The molecule has 1 fully saturated rings. The molecule has 6 nitrogen and oxygen atoms in total. The molecular formula is C14H19N5O. The third-order valence-electron chi connectivity index (χ3n) is 4.47. The van der Waals surface area contributed by atoms with Gasteiger partial charge < -0.3 is 0 Å². The first kappa shape index (κ1) is 13.2. The predicted octanol–water partition coefficient (Wildman–Crippen LogP) is 3.72. The third-order valence-corrected chi connectivity index (χ3v) is 4.47. The van der Waals surface area contributed by atoms with Crippen LogP contribution < -0.4 is 0 Å². The van der Waals surface area contributed by atoms with Crippen molar-refractivity contribution in [3.63, 3.8) is 0 Å². The molecule has 1 aromatic rings. The molecule has 0 N–H and O–H groups in total. The summed E-state index contributed by atoms with van der Waals surface area (Å²) < 4.78 is 2.08. The van der Waals surface area contributed by atoms with E-state index in [9.17, 15) is 4.79 Å². The molecule has 2 aliphatic rings. The summed E-state index contributed by atoms with van der Waals surface area (Å²) in [5, 5.41) is 7.76. The van der Waals surface area contributed by atoms with Crippen molar-refractivity contribution in [1.29, 1.82) is 0 Å². The summed E-state index contributed by atoms with van der Waals surface area (Å²) in [7, 11) is 0. The van der Waals surface area contributed by atoms with Crippen molar-refractivity contribution in [2.45, 2.75) is 63.8 Å². The number of amides is 1. The molecule has 1 heterocycles. The first-order valence-electron chi connectivity index (χ1n) is 7.51. The van der Waals surface area contributed by atoms with Gasteiger partial charge in [-0.2, -0.15) is 5.10 Å². The van der Waals surface area contributed by atoms with E-state index in [0.29, 0.717) is 11.7 Å². The summed E-state index contributed by atoms with van der Waals surface area (Å²) in [5.74, 6) is -0.528. The molecule has 106 valence electrons. The van der Waals surface area contributed by atoms with Gasteiger partial charge in [-0.3, -0.25) is 9.48 Å². The standard InChI is InChI=1S/C14H19N5O/c15-18-16-14(20)13-11-8-4-5-9-12(11)19(17-13)10-6-2-1-3-7-10/h10H,1-9H2. The van der Waals surface area contributed by atoms with Crippen molar-refractivity contribution in [1.82, 2.24) is 9.78 Å². The van der Waals surface area contributed by atoms with E-state index in [1.807, 2.05) is 0 Å². The minimum Gasteiger partial charge on any atom is -0.285 e. The summed E-state index contributed by atoms with van der Waals surface area (Å²) in [6.45, 7) is 0.